The molecule has 106 valence electrons. The van der Waals surface area contributed by atoms with Crippen LogP contribution in [-0.4, -0.2) is 12.8 Å². The summed E-state index contributed by atoms with van der Waals surface area (Å²) in [5.41, 5.74) is 2.61. The van der Waals surface area contributed by atoms with Crippen molar-refractivity contribution in [1.82, 2.24) is 5.32 Å². The van der Waals surface area contributed by atoms with Crippen molar-refractivity contribution in [1.29, 1.82) is 0 Å². The molecule has 0 aliphatic carbocycles. The molecule has 2 aromatic rings. The number of nitrogens with one attached hydrogen (secondary N) is 1. The molecule has 3 heteroatoms. The first-order chi connectivity index (χ1) is 9.72. The van der Waals surface area contributed by atoms with E-state index >= 15 is 0 Å². The Balaban J connectivity index is 2.09. The highest BCUT2D eigenvalue weighted by Gasteiger charge is 2.10. The Labute approximate surface area is 130 Å². The van der Waals surface area contributed by atoms with Crippen molar-refractivity contribution in [3.63, 3.8) is 0 Å². The van der Waals surface area contributed by atoms with Crippen LogP contribution in [0.15, 0.2) is 53.4 Å². The first kappa shape index (κ1) is 15.4. The summed E-state index contributed by atoms with van der Waals surface area (Å²) >= 11 is 7.80. The minimum atomic E-state index is 0.330. The van der Waals surface area contributed by atoms with Gasteiger partial charge in [0.1, 0.15) is 0 Å². The zero-order valence-electron chi connectivity index (χ0n) is 11.9. The highest BCUT2D eigenvalue weighted by molar-refractivity contribution is 7.99. The van der Waals surface area contributed by atoms with Crippen LogP contribution >= 0.6 is 23.4 Å². The van der Waals surface area contributed by atoms with Gasteiger partial charge in [-0.15, -0.1) is 11.8 Å². The lowest BCUT2D eigenvalue weighted by atomic mass is 9.99. The summed E-state index contributed by atoms with van der Waals surface area (Å²) in [5, 5.41) is 4.18. The average Bonchev–Trinajstić information content (AvgIpc) is 2.48. The molecule has 0 spiro atoms. The Morgan fingerprint density at radius 2 is 1.70 bits per heavy atom. The van der Waals surface area contributed by atoms with Crippen LogP contribution in [0, 0.1) is 0 Å². The molecule has 0 aliphatic heterocycles. The highest BCUT2D eigenvalue weighted by Crippen LogP contribution is 2.23. The van der Waals surface area contributed by atoms with E-state index in [9.17, 15) is 0 Å². The Kier molecular flexibility index (Phi) is 5.96. The van der Waals surface area contributed by atoms with Gasteiger partial charge in [0.15, 0.2) is 0 Å². The molecule has 1 N–H and O–H groups in total. The van der Waals surface area contributed by atoms with E-state index in [0.29, 0.717) is 6.04 Å². The number of rotatable bonds is 6. The van der Waals surface area contributed by atoms with Crippen molar-refractivity contribution in [2.45, 2.75) is 24.3 Å². The van der Waals surface area contributed by atoms with Gasteiger partial charge < -0.3 is 5.32 Å². The van der Waals surface area contributed by atoms with Crippen molar-refractivity contribution < 1.29 is 0 Å². The topological polar surface area (TPSA) is 12.0 Å². The molecule has 1 nitrogen and oxygen atoms in total. The zero-order chi connectivity index (χ0) is 14.4. The van der Waals surface area contributed by atoms with E-state index in [1.165, 1.54) is 16.0 Å². The number of likely N-dealkylation sites (N-methyl/N-ethyl adjacent to an activating group) is 1. The molecule has 2 aromatic carbocycles. The van der Waals surface area contributed by atoms with Gasteiger partial charge in [-0.25, -0.2) is 0 Å². The third-order valence-electron chi connectivity index (χ3n) is 3.30. The maximum absolute atomic E-state index is 5.93. The summed E-state index contributed by atoms with van der Waals surface area (Å²) in [6.45, 7) is 2.18. The van der Waals surface area contributed by atoms with Gasteiger partial charge in [0.2, 0.25) is 0 Å². The first-order valence-corrected chi connectivity index (χ1v) is 8.23. The molecule has 0 saturated heterocycles. The van der Waals surface area contributed by atoms with Gasteiger partial charge in [-0.2, -0.15) is 0 Å². The van der Waals surface area contributed by atoms with Gasteiger partial charge in [-0.3, -0.25) is 0 Å². The quantitative estimate of drug-likeness (QED) is 0.757. The predicted octanol–water partition coefficient (Wildman–Crippen LogP) is 4.96. The van der Waals surface area contributed by atoms with Crippen LogP contribution in [0.5, 0.6) is 0 Å². The Morgan fingerprint density at radius 1 is 1.05 bits per heavy atom. The third-order valence-corrected chi connectivity index (χ3v) is 4.44. The molecule has 0 fully saturated rings. The molecule has 2 rings (SSSR count). The van der Waals surface area contributed by atoms with Crippen molar-refractivity contribution in [3.8, 4) is 0 Å². The molecule has 1 atom stereocenters. The van der Waals surface area contributed by atoms with Crippen LogP contribution in [0.2, 0.25) is 5.02 Å². The van der Waals surface area contributed by atoms with Crippen molar-refractivity contribution in [2.24, 2.45) is 0 Å². The fourth-order valence-corrected chi connectivity index (χ4v) is 2.99. The van der Waals surface area contributed by atoms with Crippen molar-refractivity contribution in [2.75, 3.05) is 12.8 Å². The van der Waals surface area contributed by atoms with Gasteiger partial charge in [-0.1, -0.05) is 42.8 Å². The van der Waals surface area contributed by atoms with Crippen LogP contribution in [0.25, 0.3) is 0 Å². The lowest BCUT2D eigenvalue weighted by molar-refractivity contribution is 0.592. The third kappa shape index (κ3) is 4.27. The number of hydrogen-bond donors (Lipinski definition) is 1. The Hall–Kier alpha value is -0.960. The van der Waals surface area contributed by atoms with E-state index < -0.39 is 0 Å². The number of thioether (sulfide) groups is 1. The van der Waals surface area contributed by atoms with Crippen LogP contribution in [-0.2, 0) is 6.42 Å². The monoisotopic (exact) mass is 305 g/mol. The molecule has 0 saturated carbocycles. The van der Waals surface area contributed by atoms with E-state index in [4.69, 9.17) is 11.6 Å². The fourth-order valence-electron chi connectivity index (χ4n) is 2.21. The van der Waals surface area contributed by atoms with Crippen LogP contribution in [0.3, 0.4) is 0 Å². The van der Waals surface area contributed by atoms with E-state index in [2.05, 4.69) is 48.6 Å². The SMILES string of the molecule is CCSc1ccc(C(Cc2ccc(Cl)cc2)NC)cc1. The molecule has 1 unspecified atom stereocenters. The molecule has 0 aliphatic rings. The molecule has 0 amide bonds. The first-order valence-electron chi connectivity index (χ1n) is 6.87. The van der Waals surface area contributed by atoms with Gasteiger partial charge in [0, 0.05) is 16.0 Å². The summed E-state index contributed by atoms with van der Waals surface area (Å²) in [4.78, 5) is 1.33. The van der Waals surface area contributed by atoms with E-state index in [1.807, 2.05) is 30.9 Å². The predicted molar refractivity (Wildman–Crippen MR) is 89.8 cm³/mol. The van der Waals surface area contributed by atoms with Crippen LogP contribution in [0.1, 0.15) is 24.1 Å². The van der Waals surface area contributed by atoms with Gasteiger partial charge in [-0.05, 0) is 54.6 Å². The highest BCUT2D eigenvalue weighted by atomic mass is 35.5. The Bertz CT molecular complexity index is 522. The lowest BCUT2D eigenvalue weighted by Gasteiger charge is -2.17. The summed E-state index contributed by atoms with van der Waals surface area (Å²) in [6.07, 6.45) is 0.966. The summed E-state index contributed by atoms with van der Waals surface area (Å²) in [6, 6.07) is 17.3. The van der Waals surface area contributed by atoms with Gasteiger partial charge in [0.05, 0.1) is 0 Å². The van der Waals surface area contributed by atoms with Gasteiger partial charge >= 0.3 is 0 Å². The second-order valence-corrected chi connectivity index (χ2v) is 6.45. The van der Waals surface area contributed by atoms with E-state index in [-0.39, 0.29) is 0 Å². The summed E-state index contributed by atoms with van der Waals surface area (Å²) in [5.74, 6) is 1.11. The van der Waals surface area contributed by atoms with E-state index in [1.54, 1.807) is 0 Å². The second kappa shape index (κ2) is 7.72. The molecule has 0 aromatic heterocycles. The summed E-state index contributed by atoms with van der Waals surface area (Å²) < 4.78 is 0. The number of benzene rings is 2. The second-order valence-electron chi connectivity index (χ2n) is 4.67. The minimum absolute atomic E-state index is 0.330. The maximum atomic E-state index is 5.93. The maximum Gasteiger partial charge on any atom is 0.0406 e. The molecule has 0 bridgehead atoms. The standard InChI is InChI=1S/C17H20ClNS/c1-3-20-16-10-6-14(7-11-16)17(19-2)12-13-4-8-15(18)9-5-13/h4-11,17,19H,3,12H2,1-2H3. The smallest absolute Gasteiger partial charge is 0.0406 e. The summed E-state index contributed by atoms with van der Waals surface area (Å²) in [7, 11) is 2.01. The van der Waals surface area contributed by atoms with Crippen LogP contribution in [0.4, 0.5) is 0 Å². The molecule has 0 heterocycles. The Morgan fingerprint density at radius 3 is 2.25 bits per heavy atom. The number of halogens is 1. The molecular formula is C17H20ClNS. The lowest BCUT2D eigenvalue weighted by Crippen LogP contribution is -2.18. The molecular weight excluding hydrogens is 286 g/mol. The number of hydrogen-bond acceptors (Lipinski definition) is 2. The van der Waals surface area contributed by atoms with Crippen molar-refractivity contribution >= 4 is 23.4 Å². The largest absolute Gasteiger partial charge is 0.313 e. The minimum Gasteiger partial charge on any atom is -0.313 e. The van der Waals surface area contributed by atoms with Gasteiger partial charge in [0.25, 0.3) is 0 Å². The molecule has 20 heavy (non-hydrogen) atoms. The average molecular weight is 306 g/mol. The van der Waals surface area contributed by atoms with Crippen LogP contribution < -0.4 is 5.32 Å². The fraction of sp³-hybridized carbons (Fsp3) is 0.294. The zero-order valence-corrected chi connectivity index (χ0v) is 13.5. The van der Waals surface area contributed by atoms with E-state index in [0.717, 1.165) is 17.2 Å². The normalized spacial score (nSPS) is 12.3. The van der Waals surface area contributed by atoms with Crippen molar-refractivity contribution in [3.05, 3.63) is 64.7 Å². The molecule has 0 radical (unpaired) electrons.